The van der Waals surface area contributed by atoms with Crippen LogP contribution in [-0.2, 0) is 39.4 Å². The Balaban J connectivity index is 1.66. The third-order valence-electron chi connectivity index (χ3n) is 5.70. The Hall–Kier alpha value is -3.15. The average molecular weight is 737 g/mol. The molecule has 0 aliphatic rings. The fraction of sp³-hybridized carbons (Fsp3) is 0.312. The second-order valence-corrected chi connectivity index (χ2v) is 16.1. The van der Waals surface area contributed by atoms with Crippen LogP contribution in [0.1, 0.15) is 48.4 Å². The largest absolute Gasteiger partial charge is 0.461 e. The number of hydrogen-bond donors (Lipinski definition) is 0. The summed E-state index contributed by atoms with van der Waals surface area (Å²) in [7, 11) is -0.527. The number of carbonyl (C=O) groups is 4. The minimum absolute atomic E-state index is 0.0401. The van der Waals surface area contributed by atoms with Gasteiger partial charge in [-0.15, -0.1) is 0 Å². The van der Waals surface area contributed by atoms with Gasteiger partial charge in [-0.2, -0.15) is 0 Å². The fourth-order valence-corrected chi connectivity index (χ4v) is 5.76. The molecule has 0 atom stereocenters. The first-order chi connectivity index (χ1) is 20.3. The highest BCUT2D eigenvalue weighted by atomic mass is 79.9. The second-order valence-electron chi connectivity index (χ2n) is 10.2. The van der Waals surface area contributed by atoms with Crippen molar-refractivity contribution in [3.05, 3.63) is 90.0 Å². The van der Waals surface area contributed by atoms with E-state index in [1.807, 2.05) is 54.6 Å². The van der Waals surface area contributed by atoms with Crippen molar-refractivity contribution < 1.29 is 38.1 Å². The lowest BCUT2D eigenvalue weighted by Gasteiger charge is -2.14. The Morgan fingerprint density at radius 2 is 0.860 bits per heavy atom. The van der Waals surface area contributed by atoms with Crippen LogP contribution in [0, 0.1) is 0 Å². The molecule has 0 spiro atoms. The predicted octanol–water partition coefficient (Wildman–Crippen LogP) is 6.53. The molecular weight excluding hydrogens is 704 g/mol. The van der Waals surface area contributed by atoms with Crippen molar-refractivity contribution in [2.24, 2.45) is 0 Å². The lowest BCUT2D eigenvalue weighted by Crippen LogP contribution is -2.28. The monoisotopic (exact) mass is 735 g/mol. The number of benzene rings is 3. The van der Waals surface area contributed by atoms with E-state index in [0.29, 0.717) is 11.1 Å². The number of esters is 4. The molecule has 0 aromatic heterocycles. The Bertz CT molecular complexity index is 1310. The number of rotatable bonds is 13. The standard InChI is InChI=1S/C32H33Br2O8S/c1-31(2,33)29(37)41-20-18-39-27(35)22-10-14-25(15-11-22)43(24-8-6-5-7-9-24)26-16-12-23(13-17-26)28(36)40-19-21-42-30(38)32(3,4)34/h5-17H,18-21H2,1-4H3/q+1. The van der Waals surface area contributed by atoms with Gasteiger partial charge in [0.1, 0.15) is 35.1 Å². The van der Waals surface area contributed by atoms with Gasteiger partial charge >= 0.3 is 23.9 Å². The van der Waals surface area contributed by atoms with Crippen molar-refractivity contribution in [3.8, 4) is 0 Å². The van der Waals surface area contributed by atoms with Crippen molar-refractivity contribution in [1.29, 1.82) is 0 Å². The van der Waals surface area contributed by atoms with E-state index in [1.165, 1.54) is 0 Å². The Labute approximate surface area is 271 Å². The van der Waals surface area contributed by atoms with Gasteiger partial charge in [0.2, 0.25) is 0 Å². The second kappa shape index (κ2) is 15.5. The van der Waals surface area contributed by atoms with Crippen LogP contribution in [0.4, 0.5) is 0 Å². The van der Waals surface area contributed by atoms with E-state index in [-0.39, 0.29) is 26.4 Å². The number of hydrogen-bond acceptors (Lipinski definition) is 8. The molecule has 228 valence electrons. The normalized spacial score (nSPS) is 11.5. The average Bonchev–Trinajstić information content (AvgIpc) is 2.97. The van der Waals surface area contributed by atoms with Crippen molar-refractivity contribution in [2.45, 2.75) is 51.0 Å². The highest BCUT2D eigenvalue weighted by Crippen LogP contribution is 2.31. The van der Waals surface area contributed by atoms with E-state index in [4.69, 9.17) is 18.9 Å². The number of ether oxygens (including phenoxy) is 4. The smallest absolute Gasteiger partial charge is 0.338 e. The first kappa shape index (κ1) is 34.3. The summed E-state index contributed by atoms with van der Waals surface area (Å²) in [5.74, 6) is -1.92. The van der Waals surface area contributed by atoms with Crippen molar-refractivity contribution in [3.63, 3.8) is 0 Å². The van der Waals surface area contributed by atoms with Crippen molar-refractivity contribution in [1.82, 2.24) is 0 Å². The zero-order valence-electron chi connectivity index (χ0n) is 24.3. The first-order valence-corrected chi connectivity index (χ1v) is 16.1. The molecule has 0 amide bonds. The molecule has 3 aromatic carbocycles. The van der Waals surface area contributed by atoms with E-state index in [0.717, 1.165) is 14.7 Å². The molecule has 0 unspecified atom stereocenters. The Morgan fingerprint density at radius 1 is 0.535 bits per heavy atom. The van der Waals surface area contributed by atoms with Gasteiger partial charge in [-0.1, -0.05) is 50.1 Å². The van der Waals surface area contributed by atoms with Crippen LogP contribution in [0.15, 0.2) is 93.5 Å². The molecule has 0 heterocycles. The molecule has 0 aliphatic heterocycles. The molecule has 0 saturated heterocycles. The van der Waals surface area contributed by atoms with Gasteiger partial charge in [0, 0.05) is 0 Å². The van der Waals surface area contributed by atoms with E-state index in [9.17, 15) is 19.2 Å². The van der Waals surface area contributed by atoms with Crippen LogP contribution in [-0.4, -0.2) is 59.0 Å². The minimum Gasteiger partial charge on any atom is -0.461 e. The quantitative estimate of drug-likeness (QED) is 0.0642. The molecule has 0 radical (unpaired) electrons. The maximum atomic E-state index is 12.5. The van der Waals surface area contributed by atoms with Crippen LogP contribution < -0.4 is 0 Å². The van der Waals surface area contributed by atoms with Crippen LogP contribution in [0.25, 0.3) is 0 Å². The maximum absolute atomic E-state index is 12.5. The van der Waals surface area contributed by atoms with Crippen LogP contribution in [0.5, 0.6) is 0 Å². The van der Waals surface area contributed by atoms with Gasteiger partial charge in [-0.3, -0.25) is 9.59 Å². The zero-order valence-corrected chi connectivity index (χ0v) is 28.3. The fourth-order valence-electron chi connectivity index (χ4n) is 3.47. The minimum atomic E-state index is -0.810. The Morgan fingerprint density at radius 3 is 1.21 bits per heavy atom. The van der Waals surface area contributed by atoms with E-state index >= 15 is 0 Å². The zero-order chi connectivity index (χ0) is 31.6. The summed E-state index contributed by atoms with van der Waals surface area (Å²) in [5, 5.41) is 0. The summed E-state index contributed by atoms with van der Waals surface area (Å²) in [6.45, 7) is 6.49. The molecule has 8 nitrogen and oxygen atoms in total. The molecule has 0 aliphatic carbocycles. The molecule has 11 heteroatoms. The number of carbonyl (C=O) groups excluding carboxylic acids is 4. The van der Waals surface area contributed by atoms with Crippen LogP contribution in [0.3, 0.4) is 0 Å². The SMILES string of the molecule is CC(C)(Br)C(=O)OCCOC(=O)c1ccc([S+](c2ccccc2)c2ccc(C(=O)OCCOC(=O)C(C)(C)Br)cc2)cc1. The Kier molecular flexibility index (Phi) is 12.4. The van der Waals surface area contributed by atoms with Crippen molar-refractivity contribution in [2.75, 3.05) is 26.4 Å². The van der Waals surface area contributed by atoms with Gasteiger partial charge in [0.25, 0.3) is 0 Å². The highest BCUT2D eigenvalue weighted by molar-refractivity contribution is 9.10. The first-order valence-electron chi connectivity index (χ1n) is 13.3. The third-order valence-corrected chi connectivity index (χ3v) is 8.58. The number of alkyl halides is 2. The predicted molar refractivity (Wildman–Crippen MR) is 170 cm³/mol. The molecule has 0 bridgehead atoms. The van der Waals surface area contributed by atoms with E-state index in [2.05, 4.69) is 31.9 Å². The van der Waals surface area contributed by atoms with Gasteiger partial charge < -0.3 is 18.9 Å². The summed E-state index contributed by atoms with van der Waals surface area (Å²) < 4.78 is 19.1. The molecular formula is C32H33Br2O8S+. The van der Waals surface area contributed by atoms with E-state index in [1.54, 1.807) is 52.0 Å². The van der Waals surface area contributed by atoms with E-state index < -0.39 is 43.4 Å². The summed E-state index contributed by atoms with van der Waals surface area (Å²) >= 11 is 6.45. The lowest BCUT2D eigenvalue weighted by atomic mass is 10.2. The number of halogens is 2. The van der Waals surface area contributed by atoms with Gasteiger partial charge in [-0.25, -0.2) is 9.59 Å². The van der Waals surface area contributed by atoms with Gasteiger partial charge in [-0.05, 0) is 88.4 Å². The van der Waals surface area contributed by atoms with Gasteiger partial charge in [0.05, 0.1) is 22.0 Å². The lowest BCUT2D eigenvalue weighted by molar-refractivity contribution is -0.147. The maximum Gasteiger partial charge on any atom is 0.338 e. The highest BCUT2D eigenvalue weighted by Gasteiger charge is 2.30. The molecule has 0 fully saturated rings. The molecule has 0 saturated carbocycles. The topological polar surface area (TPSA) is 105 Å². The van der Waals surface area contributed by atoms with Gasteiger partial charge in [0.15, 0.2) is 14.7 Å². The molecule has 0 N–H and O–H groups in total. The van der Waals surface area contributed by atoms with Crippen molar-refractivity contribution >= 4 is 66.6 Å². The molecule has 3 rings (SSSR count). The van der Waals surface area contributed by atoms with Crippen LogP contribution >= 0.6 is 31.9 Å². The summed E-state index contributed by atoms with van der Waals surface area (Å²) in [4.78, 5) is 51.7. The summed E-state index contributed by atoms with van der Waals surface area (Å²) in [6, 6.07) is 24.2. The molecule has 3 aromatic rings. The summed E-state index contributed by atoms with van der Waals surface area (Å²) in [6.07, 6.45) is 0. The third kappa shape index (κ3) is 10.5. The summed E-state index contributed by atoms with van der Waals surface area (Å²) in [5.41, 5.74) is 0.743. The molecule has 43 heavy (non-hydrogen) atoms. The van der Waals surface area contributed by atoms with Crippen LogP contribution in [0.2, 0.25) is 0 Å².